The molecule has 0 radical (unpaired) electrons. The first kappa shape index (κ1) is 17.7. The fourth-order valence-electron chi connectivity index (χ4n) is 3.00. The van der Waals surface area contributed by atoms with Crippen molar-refractivity contribution in [2.75, 3.05) is 13.2 Å². The van der Waals surface area contributed by atoms with Crippen molar-refractivity contribution in [2.24, 2.45) is 17.3 Å². The molecule has 0 aromatic heterocycles. The number of rotatable bonds is 7. The molecule has 0 amide bonds. The maximum atomic E-state index is 12.2. The largest absolute Gasteiger partial charge is 0.466 e. The number of hydrogen-bond donors (Lipinski definition) is 0. The van der Waals surface area contributed by atoms with E-state index >= 15 is 0 Å². The van der Waals surface area contributed by atoms with E-state index in [1.807, 2.05) is 0 Å². The smallest absolute Gasteiger partial charge is 0.310 e. The molecule has 1 unspecified atom stereocenters. The maximum Gasteiger partial charge on any atom is 0.310 e. The Morgan fingerprint density at radius 1 is 1.19 bits per heavy atom. The normalized spacial score (nSPS) is 26.7. The highest BCUT2D eigenvalue weighted by Gasteiger charge is 2.46. The van der Waals surface area contributed by atoms with Crippen LogP contribution in [0.25, 0.3) is 0 Å². The summed E-state index contributed by atoms with van der Waals surface area (Å²) in [6.07, 6.45) is 3.80. The highest BCUT2D eigenvalue weighted by Crippen LogP contribution is 2.44. The molecule has 5 nitrogen and oxygen atoms in total. The van der Waals surface area contributed by atoms with Crippen molar-refractivity contribution in [3.05, 3.63) is 0 Å². The van der Waals surface area contributed by atoms with Crippen LogP contribution in [0.2, 0.25) is 0 Å². The van der Waals surface area contributed by atoms with E-state index in [0.29, 0.717) is 18.8 Å². The van der Waals surface area contributed by atoms with E-state index < -0.39 is 23.3 Å². The van der Waals surface area contributed by atoms with Crippen molar-refractivity contribution in [2.45, 2.75) is 52.9 Å². The molecule has 0 saturated heterocycles. The van der Waals surface area contributed by atoms with Crippen molar-refractivity contribution >= 4 is 18.2 Å². The maximum absolute atomic E-state index is 12.2. The SMILES string of the molecule is CCOC(=O)CC(C(=O)OCC)C1(C=O)CCC(C)CC1. The topological polar surface area (TPSA) is 69.7 Å². The average Bonchev–Trinajstić information content (AvgIpc) is 2.47. The van der Waals surface area contributed by atoms with Gasteiger partial charge in [-0.3, -0.25) is 9.59 Å². The summed E-state index contributed by atoms with van der Waals surface area (Å²) in [6, 6.07) is 0. The number of ether oxygens (including phenoxy) is 2. The molecule has 0 aromatic rings. The third-order valence-electron chi connectivity index (χ3n) is 4.38. The lowest BCUT2D eigenvalue weighted by atomic mass is 9.63. The van der Waals surface area contributed by atoms with E-state index in [1.165, 1.54) is 0 Å². The minimum absolute atomic E-state index is 0.0835. The molecule has 1 rings (SSSR count). The van der Waals surface area contributed by atoms with Crippen molar-refractivity contribution in [3.63, 3.8) is 0 Å². The molecule has 21 heavy (non-hydrogen) atoms. The highest BCUT2D eigenvalue weighted by atomic mass is 16.5. The first-order valence-electron chi connectivity index (χ1n) is 7.77. The number of carbonyl (C=O) groups excluding carboxylic acids is 3. The van der Waals surface area contributed by atoms with Gasteiger partial charge in [-0.25, -0.2) is 0 Å². The van der Waals surface area contributed by atoms with Gasteiger partial charge in [-0.05, 0) is 45.4 Å². The summed E-state index contributed by atoms with van der Waals surface area (Å²) >= 11 is 0. The number of esters is 2. The Morgan fingerprint density at radius 3 is 2.24 bits per heavy atom. The summed E-state index contributed by atoms with van der Waals surface area (Å²) < 4.78 is 10.0. The molecule has 0 N–H and O–H groups in total. The molecular weight excluding hydrogens is 272 g/mol. The molecule has 120 valence electrons. The lowest BCUT2D eigenvalue weighted by Crippen LogP contribution is -2.42. The monoisotopic (exact) mass is 298 g/mol. The third-order valence-corrected chi connectivity index (χ3v) is 4.38. The van der Waals surface area contributed by atoms with Crippen molar-refractivity contribution in [1.29, 1.82) is 0 Å². The molecule has 1 aliphatic rings. The predicted octanol–water partition coefficient (Wildman–Crippen LogP) is 2.51. The molecule has 0 aliphatic heterocycles. The molecule has 1 saturated carbocycles. The third kappa shape index (κ3) is 4.55. The van der Waals surface area contributed by atoms with Gasteiger partial charge < -0.3 is 14.3 Å². The van der Waals surface area contributed by atoms with E-state index in [-0.39, 0.29) is 19.6 Å². The Balaban J connectivity index is 2.94. The van der Waals surface area contributed by atoms with Crippen LogP contribution in [0.5, 0.6) is 0 Å². The Hall–Kier alpha value is -1.39. The average molecular weight is 298 g/mol. The second kappa shape index (κ2) is 8.15. The first-order chi connectivity index (χ1) is 9.99. The quantitative estimate of drug-likeness (QED) is 0.533. The number of carbonyl (C=O) groups is 3. The van der Waals surface area contributed by atoms with Gasteiger partial charge in [-0.15, -0.1) is 0 Å². The second-order valence-corrected chi connectivity index (χ2v) is 5.85. The standard InChI is InChI=1S/C16H26O5/c1-4-20-14(18)10-13(15(19)21-5-2)16(11-17)8-6-12(3)7-9-16/h11-13H,4-10H2,1-3H3. The van der Waals surface area contributed by atoms with E-state index in [4.69, 9.17) is 9.47 Å². The van der Waals surface area contributed by atoms with Crippen LogP contribution < -0.4 is 0 Å². The van der Waals surface area contributed by atoms with E-state index in [2.05, 4.69) is 6.92 Å². The molecule has 0 aromatic carbocycles. The van der Waals surface area contributed by atoms with Crippen LogP contribution in [0.4, 0.5) is 0 Å². The van der Waals surface area contributed by atoms with Crippen molar-refractivity contribution in [1.82, 2.24) is 0 Å². The minimum Gasteiger partial charge on any atom is -0.466 e. The summed E-state index contributed by atoms with van der Waals surface area (Å²) in [5, 5.41) is 0. The van der Waals surface area contributed by atoms with E-state index in [9.17, 15) is 14.4 Å². The van der Waals surface area contributed by atoms with Crippen LogP contribution in [-0.4, -0.2) is 31.4 Å². The zero-order valence-electron chi connectivity index (χ0n) is 13.2. The van der Waals surface area contributed by atoms with Crippen LogP contribution in [0.15, 0.2) is 0 Å². The summed E-state index contributed by atoms with van der Waals surface area (Å²) in [7, 11) is 0. The lowest BCUT2D eigenvalue weighted by molar-refractivity contribution is -0.162. The number of aldehydes is 1. The van der Waals surface area contributed by atoms with Crippen LogP contribution in [0, 0.1) is 17.3 Å². The molecule has 1 fully saturated rings. The van der Waals surface area contributed by atoms with Crippen LogP contribution >= 0.6 is 0 Å². The Morgan fingerprint density at radius 2 is 1.76 bits per heavy atom. The van der Waals surface area contributed by atoms with Gasteiger partial charge in [0.15, 0.2) is 0 Å². The molecule has 0 heterocycles. The predicted molar refractivity (Wildman–Crippen MR) is 77.5 cm³/mol. The second-order valence-electron chi connectivity index (χ2n) is 5.85. The van der Waals surface area contributed by atoms with Gasteiger partial charge in [0.2, 0.25) is 0 Å². The minimum atomic E-state index is -0.786. The fraction of sp³-hybridized carbons (Fsp3) is 0.812. The summed E-state index contributed by atoms with van der Waals surface area (Å²) in [5.41, 5.74) is -0.786. The van der Waals surface area contributed by atoms with Crippen LogP contribution in [0.3, 0.4) is 0 Å². The van der Waals surface area contributed by atoms with Crippen LogP contribution in [0.1, 0.15) is 52.9 Å². The van der Waals surface area contributed by atoms with Crippen molar-refractivity contribution in [3.8, 4) is 0 Å². The fourth-order valence-corrected chi connectivity index (χ4v) is 3.00. The Labute approximate surface area is 126 Å². The van der Waals surface area contributed by atoms with Gasteiger partial charge in [0.25, 0.3) is 0 Å². The van der Waals surface area contributed by atoms with Gasteiger partial charge in [0.05, 0.1) is 25.6 Å². The van der Waals surface area contributed by atoms with E-state index in [1.54, 1.807) is 13.8 Å². The molecule has 1 aliphatic carbocycles. The Bertz CT molecular complexity index is 369. The summed E-state index contributed by atoms with van der Waals surface area (Å²) in [6.45, 7) is 6.08. The van der Waals surface area contributed by atoms with Crippen molar-refractivity contribution < 1.29 is 23.9 Å². The van der Waals surface area contributed by atoms with Gasteiger partial charge in [0, 0.05) is 5.41 Å². The first-order valence-corrected chi connectivity index (χ1v) is 7.77. The molecular formula is C16H26O5. The Kier molecular flexibility index (Phi) is 6.85. The van der Waals surface area contributed by atoms with Gasteiger partial charge in [-0.2, -0.15) is 0 Å². The molecule has 5 heteroatoms. The molecule has 1 atom stereocenters. The van der Waals surface area contributed by atoms with Gasteiger partial charge >= 0.3 is 11.9 Å². The number of hydrogen-bond acceptors (Lipinski definition) is 5. The highest BCUT2D eigenvalue weighted by molar-refractivity contribution is 5.84. The zero-order valence-corrected chi connectivity index (χ0v) is 13.2. The van der Waals surface area contributed by atoms with Gasteiger partial charge in [0.1, 0.15) is 6.29 Å². The zero-order chi connectivity index (χ0) is 15.9. The summed E-state index contributed by atoms with van der Waals surface area (Å²) in [4.78, 5) is 35.7. The lowest BCUT2D eigenvalue weighted by Gasteiger charge is -2.39. The van der Waals surface area contributed by atoms with Crippen LogP contribution in [-0.2, 0) is 23.9 Å². The summed E-state index contributed by atoms with van der Waals surface area (Å²) in [5.74, 6) is -1.10. The van der Waals surface area contributed by atoms with Gasteiger partial charge in [-0.1, -0.05) is 6.92 Å². The molecule has 0 bridgehead atoms. The van der Waals surface area contributed by atoms with E-state index in [0.717, 1.165) is 19.1 Å². The molecule has 0 spiro atoms.